The molecule has 0 radical (unpaired) electrons. The summed E-state index contributed by atoms with van der Waals surface area (Å²) in [5.74, 6) is 0. The van der Waals surface area contributed by atoms with Crippen LogP contribution in [0, 0.1) is 0 Å². The quantitative estimate of drug-likeness (QED) is 0.878. The summed E-state index contributed by atoms with van der Waals surface area (Å²) >= 11 is 1.76. The van der Waals surface area contributed by atoms with Gasteiger partial charge in [0.05, 0.1) is 12.2 Å². The minimum absolute atomic E-state index is 0.0493. The molecule has 0 unspecified atom stereocenters. The first kappa shape index (κ1) is 16.2. The summed E-state index contributed by atoms with van der Waals surface area (Å²) in [5, 5.41) is 4.03. The van der Waals surface area contributed by atoms with Crippen LogP contribution in [0.2, 0.25) is 0 Å². The summed E-state index contributed by atoms with van der Waals surface area (Å²) < 4.78 is 5.02. The molecule has 118 valence electrons. The largest absolute Gasteiger partial charge is 0.385 e. The Balaban J connectivity index is 1.84. The predicted octanol–water partition coefficient (Wildman–Crippen LogP) is 2.59. The highest BCUT2D eigenvalue weighted by Crippen LogP contribution is 2.27. The molecule has 0 spiro atoms. The lowest BCUT2D eigenvalue weighted by Gasteiger charge is -2.20. The minimum atomic E-state index is -0.0493. The molecule has 1 aromatic heterocycles. The van der Waals surface area contributed by atoms with E-state index in [1.54, 1.807) is 23.3 Å². The molecule has 1 heterocycles. The van der Waals surface area contributed by atoms with Crippen LogP contribution in [0.5, 0.6) is 0 Å². The maximum Gasteiger partial charge on any atom is 0.317 e. The van der Waals surface area contributed by atoms with Gasteiger partial charge in [-0.25, -0.2) is 9.78 Å². The lowest BCUT2D eigenvalue weighted by molar-refractivity contribution is 0.177. The minimum Gasteiger partial charge on any atom is -0.385 e. The number of methoxy groups -OCH3 is 1. The number of hydrogen-bond donors (Lipinski definition) is 1. The molecule has 1 atom stereocenters. The molecule has 1 N–H and O–H groups in total. The molecule has 0 aromatic carbocycles. The Bertz CT molecular complexity index is 452. The summed E-state index contributed by atoms with van der Waals surface area (Å²) in [6.07, 6.45) is 5.57. The monoisotopic (exact) mass is 311 g/mol. The summed E-state index contributed by atoms with van der Waals surface area (Å²) in [5.41, 5.74) is 1.25. The molecule has 6 heteroatoms. The lowest BCUT2D eigenvalue weighted by atomic mass is 10.0. The molecule has 1 aromatic rings. The summed E-state index contributed by atoms with van der Waals surface area (Å²) in [6.45, 7) is 3.23. The molecule has 0 fully saturated rings. The maximum atomic E-state index is 12.1. The van der Waals surface area contributed by atoms with Crippen LogP contribution >= 0.6 is 11.3 Å². The number of fused-ring (bicyclic) bond motifs is 1. The fourth-order valence-electron chi connectivity index (χ4n) is 2.44. The lowest BCUT2D eigenvalue weighted by Crippen LogP contribution is -2.41. The SMILES string of the molecule is COCC[C@@H](C)NC(=O)N(C)Cc1nc2c(s1)CCCC2. The van der Waals surface area contributed by atoms with Gasteiger partial charge in [-0.15, -0.1) is 11.3 Å². The van der Waals surface area contributed by atoms with Crippen molar-refractivity contribution in [1.29, 1.82) is 0 Å². The van der Waals surface area contributed by atoms with E-state index in [1.165, 1.54) is 23.4 Å². The zero-order valence-electron chi connectivity index (χ0n) is 13.1. The van der Waals surface area contributed by atoms with Gasteiger partial charge in [-0.05, 0) is 39.0 Å². The van der Waals surface area contributed by atoms with E-state index >= 15 is 0 Å². The average molecular weight is 311 g/mol. The number of urea groups is 1. The number of aryl methyl sites for hydroxylation is 2. The number of aromatic nitrogens is 1. The molecule has 0 saturated heterocycles. The smallest absolute Gasteiger partial charge is 0.317 e. The fraction of sp³-hybridized carbons (Fsp3) is 0.733. The van der Waals surface area contributed by atoms with Crippen molar-refractivity contribution in [3.63, 3.8) is 0 Å². The molecule has 5 nitrogen and oxygen atoms in total. The molecule has 1 aliphatic rings. The van der Waals surface area contributed by atoms with E-state index in [4.69, 9.17) is 4.74 Å². The molecule has 2 rings (SSSR count). The Morgan fingerprint density at radius 2 is 2.24 bits per heavy atom. The molecule has 0 bridgehead atoms. The molecule has 2 amide bonds. The van der Waals surface area contributed by atoms with Crippen molar-refractivity contribution >= 4 is 17.4 Å². The van der Waals surface area contributed by atoms with Crippen molar-refractivity contribution < 1.29 is 9.53 Å². The van der Waals surface area contributed by atoms with E-state index in [9.17, 15) is 4.79 Å². The van der Waals surface area contributed by atoms with Gasteiger partial charge < -0.3 is 15.0 Å². The number of ether oxygens (including phenoxy) is 1. The summed E-state index contributed by atoms with van der Waals surface area (Å²) in [6, 6.07) is 0.0659. The Labute approximate surface area is 130 Å². The highest BCUT2D eigenvalue weighted by atomic mass is 32.1. The van der Waals surface area contributed by atoms with Crippen molar-refractivity contribution in [3.05, 3.63) is 15.6 Å². The first-order chi connectivity index (χ1) is 10.1. The molecule has 0 saturated carbocycles. The van der Waals surface area contributed by atoms with Crippen molar-refractivity contribution in [1.82, 2.24) is 15.2 Å². The van der Waals surface area contributed by atoms with Crippen LogP contribution < -0.4 is 5.32 Å². The maximum absolute atomic E-state index is 12.1. The third kappa shape index (κ3) is 4.68. The van der Waals surface area contributed by atoms with E-state index in [-0.39, 0.29) is 12.1 Å². The van der Waals surface area contributed by atoms with Gasteiger partial charge in [-0.2, -0.15) is 0 Å². The Kier molecular flexibility index (Phi) is 5.99. The van der Waals surface area contributed by atoms with Gasteiger partial charge in [0.2, 0.25) is 0 Å². The Morgan fingerprint density at radius 1 is 1.48 bits per heavy atom. The first-order valence-electron chi connectivity index (χ1n) is 7.58. The Hall–Kier alpha value is -1.14. The number of nitrogens with zero attached hydrogens (tertiary/aromatic N) is 2. The zero-order valence-corrected chi connectivity index (χ0v) is 14.0. The van der Waals surface area contributed by atoms with Gasteiger partial charge in [-0.1, -0.05) is 0 Å². The van der Waals surface area contributed by atoms with Crippen LogP contribution in [-0.4, -0.2) is 42.7 Å². The van der Waals surface area contributed by atoms with Crippen LogP contribution in [0.15, 0.2) is 0 Å². The molecule has 0 aliphatic heterocycles. The van der Waals surface area contributed by atoms with Gasteiger partial charge in [0.1, 0.15) is 5.01 Å². The predicted molar refractivity (Wildman–Crippen MR) is 84.7 cm³/mol. The highest BCUT2D eigenvalue weighted by Gasteiger charge is 2.18. The topological polar surface area (TPSA) is 54.5 Å². The van der Waals surface area contributed by atoms with Crippen molar-refractivity contribution in [2.75, 3.05) is 20.8 Å². The second-order valence-corrected chi connectivity index (χ2v) is 6.84. The van der Waals surface area contributed by atoms with Crippen LogP contribution in [0.25, 0.3) is 0 Å². The van der Waals surface area contributed by atoms with E-state index < -0.39 is 0 Å². The number of carbonyl (C=O) groups excluding carboxylic acids is 1. The third-order valence-corrected chi connectivity index (χ3v) is 4.88. The number of nitrogens with one attached hydrogen (secondary N) is 1. The van der Waals surface area contributed by atoms with Crippen molar-refractivity contribution in [2.45, 2.75) is 51.6 Å². The van der Waals surface area contributed by atoms with Gasteiger partial charge >= 0.3 is 6.03 Å². The van der Waals surface area contributed by atoms with Crippen molar-refractivity contribution in [3.8, 4) is 0 Å². The number of hydrogen-bond acceptors (Lipinski definition) is 4. The van der Waals surface area contributed by atoms with E-state index in [2.05, 4.69) is 10.3 Å². The fourth-order valence-corrected chi connectivity index (χ4v) is 3.65. The highest BCUT2D eigenvalue weighted by molar-refractivity contribution is 7.11. The van der Waals surface area contributed by atoms with Gasteiger partial charge in [0.15, 0.2) is 0 Å². The summed E-state index contributed by atoms with van der Waals surface area (Å²) in [4.78, 5) is 19.9. The summed E-state index contributed by atoms with van der Waals surface area (Å²) in [7, 11) is 3.49. The molecular formula is C15H25N3O2S. The van der Waals surface area contributed by atoms with Crippen LogP contribution in [0.3, 0.4) is 0 Å². The zero-order chi connectivity index (χ0) is 15.2. The van der Waals surface area contributed by atoms with E-state index in [0.29, 0.717) is 13.2 Å². The van der Waals surface area contributed by atoms with E-state index in [1.807, 2.05) is 14.0 Å². The standard InChI is InChI=1S/C15H25N3O2S/c1-11(8-9-20-3)16-15(19)18(2)10-14-17-12-6-4-5-7-13(12)21-14/h11H,4-10H2,1-3H3,(H,16,19)/t11-/m1/s1. The Morgan fingerprint density at radius 3 is 2.95 bits per heavy atom. The molecular weight excluding hydrogens is 286 g/mol. The van der Waals surface area contributed by atoms with E-state index in [0.717, 1.165) is 24.3 Å². The van der Waals surface area contributed by atoms with Gasteiger partial charge in [-0.3, -0.25) is 0 Å². The second kappa shape index (κ2) is 7.75. The van der Waals surface area contributed by atoms with Crippen molar-refractivity contribution in [2.24, 2.45) is 0 Å². The van der Waals surface area contributed by atoms with Crippen LogP contribution in [-0.2, 0) is 24.1 Å². The first-order valence-corrected chi connectivity index (χ1v) is 8.39. The number of carbonyl (C=O) groups is 1. The van der Waals surface area contributed by atoms with Gasteiger partial charge in [0.25, 0.3) is 0 Å². The van der Waals surface area contributed by atoms with Gasteiger partial charge in [0, 0.05) is 31.7 Å². The second-order valence-electron chi connectivity index (χ2n) is 5.67. The normalized spacial score (nSPS) is 15.4. The number of thiazole rings is 1. The average Bonchev–Trinajstić information content (AvgIpc) is 2.87. The number of amides is 2. The van der Waals surface area contributed by atoms with Crippen LogP contribution in [0.1, 0.15) is 41.8 Å². The van der Waals surface area contributed by atoms with Crippen LogP contribution in [0.4, 0.5) is 4.79 Å². The number of rotatable bonds is 6. The third-order valence-electron chi connectivity index (χ3n) is 3.73. The molecule has 21 heavy (non-hydrogen) atoms. The molecule has 1 aliphatic carbocycles.